The van der Waals surface area contributed by atoms with Crippen LogP contribution in [0, 0.1) is 0 Å². The Morgan fingerprint density at radius 2 is 2.25 bits per heavy atom. The van der Waals surface area contributed by atoms with E-state index in [0.717, 1.165) is 4.48 Å². The van der Waals surface area contributed by atoms with E-state index in [1.54, 1.807) is 18.2 Å². The molecule has 0 atom stereocenters. The lowest BCUT2D eigenvalue weighted by Crippen LogP contribution is -1.54. The first-order chi connectivity index (χ1) is 3.81. The lowest BCUT2D eigenvalue weighted by atomic mass is 10.5. The highest BCUT2D eigenvalue weighted by molar-refractivity contribution is 9.11. The first kappa shape index (κ1) is 7.99. The molecule has 0 fully saturated rings. The van der Waals surface area contributed by atoms with Gasteiger partial charge in [-0.2, -0.15) is 0 Å². The molecule has 0 unspecified atom stereocenters. The summed E-state index contributed by atoms with van der Waals surface area (Å²) in [5.41, 5.74) is 1.43. The predicted molar refractivity (Wildman–Crippen MR) is 42.2 cm³/mol. The Bertz CT molecular complexity index is 124. The molecule has 0 spiro atoms. The Labute approximate surface area is 62.7 Å². The average molecular weight is 193 g/mol. The quantitative estimate of drug-likeness (QED) is 0.591. The van der Waals surface area contributed by atoms with Crippen LogP contribution in [0.15, 0.2) is 34.8 Å². The highest BCUT2D eigenvalue weighted by atomic mass is 79.9. The molecule has 0 saturated heterocycles. The van der Waals surface area contributed by atoms with Gasteiger partial charge in [0.2, 0.25) is 0 Å². The van der Waals surface area contributed by atoms with Crippen LogP contribution in [0.4, 0.5) is 0 Å². The highest BCUT2D eigenvalue weighted by Gasteiger charge is 1.75. The Kier molecular flexibility index (Phi) is 5.13. The van der Waals surface area contributed by atoms with Crippen molar-refractivity contribution in [1.82, 2.24) is 0 Å². The van der Waals surface area contributed by atoms with E-state index in [4.69, 9.17) is 11.6 Å². The van der Waals surface area contributed by atoms with E-state index < -0.39 is 0 Å². The summed E-state index contributed by atoms with van der Waals surface area (Å²) in [4.78, 5) is 0. The normalized spacial score (nSPS) is 12.5. The van der Waals surface area contributed by atoms with Crippen molar-refractivity contribution in [3.05, 3.63) is 34.8 Å². The Morgan fingerprint density at radius 1 is 1.62 bits per heavy atom. The summed E-state index contributed by atoms with van der Waals surface area (Å²) in [7, 11) is 0. The zero-order valence-corrected chi connectivity index (χ0v) is 6.61. The zero-order valence-electron chi connectivity index (χ0n) is 4.27. The van der Waals surface area contributed by atoms with Crippen molar-refractivity contribution < 1.29 is 0 Å². The minimum atomic E-state index is 0.919. The summed E-state index contributed by atoms with van der Waals surface area (Å²) in [6.45, 7) is 3.50. The third kappa shape index (κ3) is 4.16. The average Bonchev–Trinajstić information content (AvgIpc) is 1.68. The molecule has 0 N–H and O–H groups in total. The van der Waals surface area contributed by atoms with Crippen LogP contribution in [0.5, 0.6) is 0 Å². The summed E-state index contributed by atoms with van der Waals surface area (Å²) < 4.78 is 0.919. The summed E-state index contributed by atoms with van der Waals surface area (Å²) in [5, 5.41) is 0. The van der Waals surface area contributed by atoms with Crippen LogP contribution in [0.3, 0.4) is 0 Å². The number of allylic oxidation sites excluding steroid dienone is 4. The third-order valence-corrected chi connectivity index (χ3v) is 1.15. The summed E-state index contributed by atoms with van der Waals surface area (Å²) in [6.07, 6.45) is 5.21. The molecule has 0 aliphatic heterocycles. The molecule has 0 heterocycles. The van der Waals surface area contributed by atoms with Gasteiger partial charge < -0.3 is 0 Å². The van der Waals surface area contributed by atoms with Gasteiger partial charge in [-0.1, -0.05) is 40.2 Å². The molecule has 0 aromatic heterocycles. The van der Waals surface area contributed by atoms with Crippen molar-refractivity contribution in [2.45, 2.75) is 0 Å². The van der Waals surface area contributed by atoms with Gasteiger partial charge in [-0.3, -0.25) is 0 Å². The van der Waals surface area contributed by atoms with Crippen molar-refractivity contribution in [2.75, 3.05) is 0 Å². The molecule has 0 bridgehead atoms. The van der Waals surface area contributed by atoms with E-state index in [1.807, 2.05) is 0 Å². The van der Waals surface area contributed by atoms with E-state index in [0.29, 0.717) is 0 Å². The molecule has 0 radical (unpaired) electrons. The molecule has 0 nitrogen and oxygen atoms in total. The van der Waals surface area contributed by atoms with E-state index in [2.05, 4.69) is 22.5 Å². The van der Waals surface area contributed by atoms with Crippen molar-refractivity contribution in [3.63, 3.8) is 0 Å². The minimum absolute atomic E-state index is 0.919. The molecule has 2 heteroatoms. The molecular formula is C6H6BrCl. The van der Waals surface area contributed by atoms with Crippen LogP contribution in [0.1, 0.15) is 0 Å². The molecule has 0 aromatic rings. The monoisotopic (exact) mass is 192 g/mol. The van der Waals surface area contributed by atoms with Crippen LogP contribution in [0.25, 0.3) is 0 Å². The summed E-state index contributed by atoms with van der Waals surface area (Å²) in [5.74, 6) is 0. The van der Waals surface area contributed by atoms with Crippen LogP contribution < -0.4 is 0 Å². The lowest BCUT2D eigenvalue weighted by molar-refractivity contribution is 1.93. The summed E-state index contributed by atoms with van der Waals surface area (Å²) >= 11 is 8.46. The zero-order chi connectivity index (χ0) is 6.41. The van der Waals surface area contributed by atoms with Crippen molar-refractivity contribution in [2.24, 2.45) is 0 Å². The van der Waals surface area contributed by atoms with Gasteiger partial charge in [-0.15, -0.1) is 0 Å². The van der Waals surface area contributed by atoms with Gasteiger partial charge in [0.15, 0.2) is 0 Å². The number of rotatable bonds is 2. The second-order valence-electron chi connectivity index (χ2n) is 1.08. The van der Waals surface area contributed by atoms with Crippen molar-refractivity contribution in [1.29, 1.82) is 0 Å². The SMILES string of the molecule is C=C/C=C(Br)\C=C/Cl. The van der Waals surface area contributed by atoms with Crippen LogP contribution in [0.2, 0.25) is 0 Å². The maximum absolute atomic E-state index is 5.25. The maximum Gasteiger partial charge on any atom is 0.0183 e. The largest absolute Gasteiger partial charge is 0.0990 e. The van der Waals surface area contributed by atoms with Gasteiger partial charge >= 0.3 is 0 Å². The smallest absolute Gasteiger partial charge is 0.0183 e. The molecule has 0 aromatic carbocycles. The second-order valence-corrected chi connectivity index (χ2v) is 2.25. The topological polar surface area (TPSA) is 0 Å². The Morgan fingerprint density at radius 3 is 2.62 bits per heavy atom. The van der Waals surface area contributed by atoms with Gasteiger partial charge in [0.25, 0.3) is 0 Å². The van der Waals surface area contributed by atoms with Gasteiger partial charge in [-0.05, 0) is 12.2 Å². The Balaban J connectivity index is 3.79. The number of halogens is 2. The number of hydrogen-bond acceptors (Lipinski definition) is 0. The molecule has 8 heavy (non-hydrogen) atoms. The van der Waals surface area contributed by atoms with E-state index in [1.165, 1.54) is 5.54 Å². The first-order valence-electron chi connectivity index (χ1n) is 2.06. The Hall–Kier alpha value is -0.0100. The fourth-order valence-electron chi connectivity index (χ4n) is 0.228. The molecule has 0 amide bonds. The standard InChI is InChI=1S/C6H6BrCl/c1-2-3-6(7)4-5-8/h2-5H,1H2/b5-4-,6-3+. The molecular weight excluding hydrogens is 187 g/mol. The second kappa shape index (κ2) is 5.13. The molecule has 0 aliphatic carbocycles. The van der Waals surface area contributed by atoms with Gasteiger partial charge in [-0.25, -0.2) is 0 Å². The third-order valence-electron chi connectivity index (χ3n) is 0.499. The van der Waals surface area contributed by atoms with E-state index >= 15 is 0 Å². The van der Waals surface area contributed by atoms with Gasteiger partial charge in [0, 0.05) is 10.0 Å². The van der Waals surface area contributed by atoms with Crippen molar-refractivity contribution in [3.8, 4) is 0 Å². The predicted octanol–water partition coefficient (Wildman–Crippen LogP) is 3.20. The molecule has 0 aliphatic rings. The fraction of sp³-hybridized carbons (Fsp3) is 0. The highest BCUT2D eigenvalue weighted by Crippen LogP contribution is 2.06. The van der Waals surface area contributed by atoms with Crippen LogP contribution in [-0.4, -0.2) is 0 Å². The molecule has 44 valence electrons. The molecule has 0 saturated carbocycles. The lowest BCUT2D eigenvalue weighted by Gasteiger charge is -1.79. The molecule has 0 rings (SSSR count). The number of hydrogen-bond donors (Lipinski definition) is 0. The van der Waals surface area contributed by atoms with Crippen LogP contribution in [-0.2, 0) is 0 Å². The van der Waals surface area contributed by atoms with E-state index in [-0.39, 0.29) is 0 Å². The minimum Gasteiger partial charge on any atom is -0.0990 e. The van der Waals surface area contributed by atoms with Crippen molar-refractivity contribution >= 4 is 27.5 Å². The fourth-order valence-corrected chi connectivity index (χ4v) is 0.835. The summed E-state index contributed by atoms with van der Waals surface area (Å²) in [6, 6.07) is 0. The maximum atomic E-state index is 5.25. The first-order valence-corrected chi connectivity index (χ1v) is 3.29. The van der Waals surface area contributed by atoms with Gasteiger partial charge in [0.05, 0.1) is 0 Å². The van der Waals surface area contributed by atoms with Crippen LogP contribution >= 0.6 is 27.5 Å². The van der Waals surface area contributed by atoms with Gasteiger partial charge in [0.1, 0.15) is 0 Å². The van der Waals surface area contributed by atoms with E-state index in [9.17, 15) is 0 Å².